The van der Waals surface area contributed by atoms with Gasteiger partial charge in [-0.25, -0.2) is 15.0 Å². The summed E-state index contributed by atoms with van der Waals surface area (Å²) in [4.78, 5) is 20.7. The number of benzene rings is 1. The zero-order valence-corrected chi connectivity index (χ0v) is 18.9. The van der Waals surface area contributed by atoms with Gasteiger partial charge >= 0.3 is 0 Å². The van der Waals surface area contributed by atoms with Gasteiger partial charge in [-0.2, -0.15) is 10.2 Å². The number of ether oxygens (including phenoxy) is 1. The van der Waals surface area contributed by atoms with Crippen molar-refractivity contribution in [3.05, 3.63) is 47.3 Å². The standard InChI is InChI=1S/C23H22N8OS/c1-13-17(3-2-6-24)20(30-22(25)28-13)31-7-8-32-19-5-4-14(9-16(19)12-31)15-10-18-21(27-11-15)33-23(26)29-18/h4-5,9-11H,2-3,7-8,12H2,1H3,(H2,26,29)(H2,25,28,30). The molecule has 4 aromatic rings. The molecule has 0 saturated carbocycles. The molecule has 0 fully saturated rings. The van der Waals surface area contributed by atoms with Crippen LogP contribution in [0.3, 0.4) is 0 Å². The summed E-state index contributed by atoms with van der Waals surface area (Å²) < 4.78 is 6.03. The van der Waals surface area contributed by atoms with E-state index in [-0.39, 0.29) is 5.95 Å². The Morgan fingerprint density at radius 3 is 2.91 bits per heavy atom. The van der Waals surface area contributed by atoms with Crippen LogP contribution in [-0.2, 0) is 13.0 Å². The maximum atomic E-state index is 9.09. The first-order valence-corrected chi connectivity index (χ1v) is 11.4. The fourth-order valence-corrected chi connectivity index (χ4v) is 4.75. The first-order valence-electron chi connectivity index (χ1n) is 10.5. The van der Waals surface area contributed by atoms with Gasteiger partial charge in [-0.15, -0.1) is 0 Å². The summed E-state index contributed by atoms with van der Waals surface area (Å²) in [7, 11) is 0. The van der Waals surface area contributed by atoms with Crippen molar-refractivity contribution < 1.29 is 4.74 Å². The number of pyridine rings is 1. The molecule has 1 aromatic carbocycles. The lowest BCUT2D eigenvalue weighted by Crippen LogP contribution is -2.28. The van der Waals surface area contributed by atoms with Crippen LogP contribution in [0.25, 0.3) is 21.5 Å². The monoisotopic (exact) mass is 458 g/mol. The Hall–Kier alpha value is -3.97. The van der Waals surface area contributed by atoms with Crippen molar-refractivity contribution in [2.24, 2.45) is 0 Å². The van der Waals surface area contributed by atoms with Crippen LogP contribution in [0.5, 0.6) is 5.75 Å². The molecule has 0 radical (unpaired) electrons. The van der Waals surface area contributed by atoms with Gasteiger partial charge in [0.25, 0.3) is 0 Å². The molecule has 0 aliphatic carbocycles. The molecule has 0 spiro atoms. The molecule has 0 atom stereocenters. The van der Waals surface area contributed by atoms with Crippen LogP contribution in [0.1, 0.15) is 23.2 Å². The number of fused-ring (bicyclic) bond motifs is 2. The largest absolute Gasteiger partial charge is 0.491 e. The molecular formula is C23H22N8OS. The van der Waals surface area contributed by atoms with E-state index in [9.17, 15) is 0 Å². The highest BCUT2D eigenvalue weighted by Crippen LogP contribution is 2.33. The summed E-state index contributed by atoms with van der Waals surface area (Å²) in [5.74, 6) is 1.83. The Kier molecular flexibility index (Phi) is 5.40. The number of aromatic nitrogens is 4. The average Bonchev–Trinajstić information content (AvgIpc) is 3.03. The fourth-order valence-electron chi connectivity index (χ4n) is 4.09. The molecule has 1 aliphatic heterocycles. The van der Waals surface area contributed by atoms with Crippen LogP contribution in [0.2, 0.25) is 0 Å². The summed E-state index contributed by atoms with van der Waals surface area (Å²) in [5, 5.41) is 9.60. The lowest BCUT2D eigenvalue weighted by atomic mass is 10.0. The molecule has 0 bridgehead atoms. The Morgan fingerprint density at radius 1 is 1.18 bits per heavy atom. The van der Waals surface area contributed by atoms with Crippen LogP contribution in [-0.4, -0.2) is 33.1 Å². The maximum absolute atomic E-state index is 9.09. The summed E-state index contributed by atoms with van der Waals surface area (Å²) in [6.45, 7) is 3.66. The molecule has 33 heavy (non-hydrogen) atoms. The highest BCUT2D eigenvalue weighted by molar-refractivity contribution is 7.21. The van der Waals surface area contributed by atoms with E-state index in [2.05, 4.69) is 37.0 Å². The SMILES string of the molecule is Cc1nc(N)nc(N2CCOc3ccc(-c4cnc5sc(N)nc5c4)cc3C2)c1CCC#N. The smallest absolute Gasteiger partial charge is 0.222 e. The van der Waals surface area contributed by atoms with E-state index in [0.717, 1.165) is 49.9 Å². The number of hydrogen-bond donors (Lipinski definition) is 2. The molecule has 4 N–H and O–H groups in total. The van der Waals surface area contributed by atoms with Crippen molar-refractivity contribution in [3.63, 3.8) is 0 Å². The summed E-state index contributed by atoms with van der Waals surface area (Å²) in [5.41, 5.74) is 17.4. The number of thiazole rings is 1. The molecule has 166 valence electrons. The highest BCUT2D eigenvalue weighted by atomic mass is 32.1. The number of nitrogen functional groups attached to an aromatic ring is 2. The van der Waals surface area contributed by atoms with E-state index in [1.807, 2.05) is 31.3 Å². The minimum absolute atomic E-state index is 0.226. The van der Waals surface area contributed by atoms with Gasteiger partial charge in [0.15, 0.2) is 5.13 Å². The van der Waals surface area contributed by atoms with Gasteiger partial charge in [0, 0.05) is 41.5 Å². The summed E-state index contributed by atoms with van der Waals surface area (Å²) in [6.07, 6.45) is 2.80. The molecule has 10 heteroatoms. The second-order valence-corrected chi connectivity index (χ2v) is 8.83. The quantitative estimate of drug-likeness (QED) is 0.470. The van der Waals surface area contributed by atoms with E-state index in [0.29, 0.717) is 37.7 Å². The third-order valence-electron chi connectivity index (χ3n) is 5.63. The zero-order valence-electron chi connectivity index (χ0n) is 18.1. The van der Waals surface area contributed by atoms with E-state index in [1.165, 1.54) is 11.3 Å². The Labute approximate surface area is 194 Å². The lowest BCUT2D eigenvalue weighted by Gasteiger charge is -2.24. The molecule has 4 heterocycles. The van der Waals surface area contributed by atoms with Gasteiger partial charge in [0.05, 0.1) is 12.6 Å². The third kappa shape index (κ3) is 4.10. The lowest BCUT2D eigenvalue weighted by molar-refractivity contribution is 0.331. The van der Waals surface area contributed by atoms with Gasteiger partial charge in [0.1, 0.15) is 28.5 Å². The molecule has 3 aromatic heterocycles. The van der Waals surface area contributed by atoms with Gasteiger partial charge in [-0.3, -0.25) is 0 Å². The van der Waals surface area contributed by atoms with Gasteiger partial charge in [0.2, 0.25) is 5.95 Å². The van der Waals surface area contributed by atoms with Gasteiger partial charge < -0.3 is 21.1 Å². The van der Waals surface area contributed by atoms with Gasteiger partial charge in [-0.05, 0) is 37.1 Å². The van der Waals surface area contributed by atoms with Crippen molar-refractivity contribution in [2.45, 2.75) is 26.3 Å². The van der Waals surface area contributed by atoms with E-state index < -0.39 is 0 Å². The maximum Gasteiger partial charge on any atom is 0.222 e. The van der Waals surface area contributed by atoms with Crippen molar-refractivity contribution in [2.75, 3.05) is 29.5 Å². The Bertz CT molecular complexity index is 1390. The second kappa shape index (κ2) is 8.52. The molecule has 9 nitrogen and oxygen atoms in total. The summed E-state index contributed by atoms with van der Waals surface area (Å²) >= 11 is 1.38. The third-order valence-corrected chi connectivity index (χ3v) is 6.44. The van der Waals surface area contributed by atoms with Crippen LogP contribution in [0, 0.1) is 18.3 Å². The van der Waals surface area contributed by atoms with E-state index in [1.54, 1.807) is 0 Å². The highest BCUT2D eigenvalue weighted by Gasteiger charge is 2.22. The van der Waals surface area contributed by atoms with E-state index in [4.69, 9.17) is 21.5 Å². The van der Waals surface area contributed by atoms with Gasteiger partial charge in [-0.1, -0.05) is 17.4 Å². The number of hydrogen-bond acceptors (Lipinski definition) is 10. The predicted octanol–water partition coefficient (Wildman–Crippen LogP) is 3.48. The van der Waals surface area contributed by atoms with Crippen molar-refractivity contribution in [3.8, 4) is 22.9 Å². The number of rotatable bonds is 4. The molecule has 0 unspecified atom stereocenters. The molecule has 5 rings (SSSR count). The first kappa shape index (κ1) is 20.9. The van der Waals surface area contributed by atoms with Crippen LogP contribution < -0.4 is 21.1 Å². The average molecular weight is 459 g/mol. The molecule has 1 aliphatic rings. The predicted molar refractivity (Wildman–Crippen MR) is 129 cm³/mol. The zero-order chi connectivity index (χ0) is 22.9. The molecule has 0 saturated heterocycles. The normalized spacial score (nSPS) is 13.3. The van der Waals surface area contributed by atoms with Crippen molar-refractivity contribution in [1.29, 1.82) is 5.26 Å². The molecule has 0 amide bonds. The minimum Gasteiger partial charge on any atom is -0.491 e. The number of nitrogens with zero attached hydrogens (tertiary/aromatic N) is 6. The van der Waals surface area contributed by atoms with Crippen LogP contribution in [0.4, 0.5) is 16.9 Å². The first-order chi connectivity index (χ1) is 16.0. The van der Waals surface area contributed by atoms with Crippen LogP contribution in [0.15, 0.2) is 30.5 Å². The fraction of sp³-hybridized carbons (Fsp3) is 0.261. The minimum atomic E-state index is 0.226. The van der Waals surface area contributed by atoms with Crippen LogP contribution >= 0.6 is 11.3 Å². The van der Waals surface area contributed by atoms with Crippen molar-refractivity contribution in [1.82, 2.24) is 19.9 Å². The van der Waals surface area contributed by atoms with E-state index >= 15 is 0 Å². The van der Waals surface area contributed by atoms with Crippen molar-refractivity contribution >= 4 is 38.6 Å². The topological polar surface area (TPSA) is 140 Å². The Balaban J connectivity index is 1.52. The number of nitrogens with two attached hydrogens (primary N) is 2. The summed E-state index contributed by atoms with van der Waals surface area (Å²) in [6, 6.07) is 10.3. The molecular weight excluding hydrogens is 436 g/mol. The second-order valence-electron chi connectivity index (χ2n) is 7.82. The number of nitriles is 1. The number of aryl methyl sites for hydroxylation is 1. The number of anilines is 3. The Morgan fingerprint density at radius 2 is 2.06 bits per heavy atom.